The summed E-state index contributed by atoms with van der Waals surface area (Å²) in [6.07, 6.45) is -0.269. The molecule has 1 N–H and O–H groups in total. The van der Waals surface area contributed by atoms with E-state index >= 15 is 0 Å². The topological polar surface area (TPSA) is 87.5 Å². The third-order valence-corrected chi connectivity index (χ3v) is 7.09. The van der Waals surface area contributed by atoms with Crippen molar-refractivity contribution < 1.29 is 19.0 Å². The van der Waals surface area contributed by atoms with Gasteiger partial charge in [-0.1, -0.05) is 48.5 Å². The lowest BCUT2D eigenvalue weighted by Crippen LogP contribution is -2.30. The van der Waals surface area contributed by atoms with E-state index in [0.29, 0.717) is 51.6 Å². The molecule has 38 heavy (non-hydrogen) atoms. The number of aryl methyl sites for hydroxylation is 1. The van der Waals surface area contributed by atoms with Gasteiger partial charge in [-0.15, -0.1) is 5.10 Å². The Kier molecular flexibility index (Phi) is 9.04. The number of allylic oxidation sites excluding steroid dienone is 1. The second-order valence-electron chi connectivity index (χ2n) is 9.16. The van der Waals surface area contributed by atoms with E-state index in [1.807, 2.05) is 58.9 Å². The van der Waals surface area contributed by atoms with Gasteiger partial charge >= 0.3 is 5.97 Å². The van der Waals surface area contributed by atoms with E-state index in [1.54, 1.807) is 4.68 Å². The van der Waals surface area contributed by atoms with E-state index in [9.17, 15) is 4.79 Å². The molecule has 1 aliphatic rings. The van der Waals surface area contributed by atoms with E-state index in [4.69, 9.17) is 19.3 Å². The average molecular weight is 602 g/mol. The molecular weight excluding hydrogens is 568 g/mol. The quantitative estimate of drug-likeness (QED) is 0.204. The Bertz CT molecular complexity index is 1350. The Balaban J connectivity index is 1.79. The standard InChI is InChI=1S/C28H33BrN4O4S/c1-7-35-22-14-20(13-21(29)25(22)36-15-19-11-9-10-17(5)12-19)24-23(26(34)37-16(3)4)18(6)30-27-31-28(38-8-2)32-33(24)27/h9-14,16,24H,7-8,15H2,1-6H3,(H,30,31,32). The van der Waals surface area contributed by atoms with E-state index in [2.05, 4.69) is 45.3 Å². The highest BCUT2D eigenvalue weighted by Crippen LogP contribution is 2.43. The van der Waals surface area contributed by atoms with Gasteiger partial charge in [-0.3, -0.25) is 0 Å². The molecular formula is C28H33BrN4O4S. The van der Waals surface area contributed by atoms with Gasteiger partial charge in [0.1, 0.15) is 12.6 Å². The van der Waals surface area contributed by atoms with Crippen LogP contribution in [0.15, 0.2) is 57.3 Å². The van der Waals surface area contributed by atoms with Crippen molar-refractivity contribution in [3.63, 3.8) is 0 Å². The molecule has 202 valence electrons. The smallest absolute Gasteiger partial charge is 0.338 e. The first-order valence-electron chi connectivity index (χ1n) is 12.6. The molecule has 0 spiro atoms. The third kappa shape index (κ3) is 6.18. The summed E-state index contributed by atoms with van der Waals surface area (Å²) in [6.45, 7) is 12.4. The molecule has 2 aromatic carbocycles. The number of nitrogens with zero attached hydrogens (tertiary/aromatic N) is 3. The van der Waals surface area contributed by atoms with Crippen molar-refractivity contribution in [1.82, 2.24) is 14.8 Å². The number of hydrogen-bond donors (Lipinski definition) is 1. The number of anilines is 1. The SMILES string of the molecule is CCOc1cc(C2C(C(=O)OC(C)C)=C(C)Nc3nc(SCC)nn32)cc(Br)c1OCc1cccc(C)c1. The lowest BCUT2D eigenvalue weighted by Gasteiger charge is -2.29. The van der Waals surface area contributed by atoms with Crippen LogP contribution in [0.4, 0.5) is 5.95 Å². The summed E-state index contributed by atoms with van der Waals surface area (Å²) < 4.78 is 20.4. The van der Waals surface area contributed by atoms with Gasteiger partial charge in [0.25, 0.3) is 0 Å². The summed E-state index contributed by atoms with van der Waals surface area (Å²) in [6, 6.07) is 11.5. The highest BCUT2D eigenvalue weighted by molar-refractivity contribution is 9.10. The first kappa shape index (κ1) is 28.0. The van der Waals surface area contributed by atoms with E-state index in [0.717, 1.165) is 16.9 Å². The number of esters is 1. The maximum Gasteiger partial charge on any atom is 0.338 e. The van der Waals surface area contributed by atoms with Gasteiger partial charge in [-0.05, 0) is 79.6 Å². The van der Waals surface area contributed by atoms with Crippen LogP contribution in [0, 0.1) is 6.92 Å². The Hall–Kier alpha value is -2.98. The minimum Gasteiger partial charge on any atom is -0.490 e. The highest BCUT2D eigenvalue weighted by atomic mass is 79.9. The Morgan fingerprint density at radius 2 is 1.97 bits per heavy atom. The minimum atomic E-state index is -0.572. The average Bonchev–Trinajstić information content (AvgIpc) is 3.24. The van der Waals surface area contributed by atoms with Crippen LogP contribution in [0.5, 0.6) is 11.5 Å². The number of rotatable bonds is 10. The highest BCUT2D eigenvalue weighted by Gasteiger charge is 2.36. The van der Waals surface area contributed by atoms with Gasteiger partial charge < -0.3 is 19.5 Å². The van der Waals surface area contributed by atoms with Crippen LogP contribution < -0.4 is 14.8 Å². The molecule has 1 atom stereocenters. The van der Waals surface area contributed by atoms with Crippen molar-refractivity contribution in [1.29, 1.82) is 0 Å². The van der Waals surface area contributed by atoms with Gasteiger partial charge in [0, 0.05) is 5.70 Å². The van der Waals surface area contributed by atoms with Crippen molar-refractivity contribution in [3.05, 3.63) is 68.8 Å². The number of ether oxygens (including phenoxy) is 3. The van der Waals surface area contributed by atoms with Gasteiger partial charge in [0.15, 0.2) is 11.5 Å². The number of carbonyl (C=O) groups excluding carboxylic acids is 1. The van der Waals surface area contributed by atoms with Gasteiger partial charge in [0.2, 0.25) is 11.1 Å². The summed E-state index contributed by atoms with van der Waals surface area (Å²) in [7, 11) is 0. The molecule has 1 aliphatic heterocycles. The molecule has 2 heterocycles. The molecule has 10 heteroatoms. The van der Waals surface area contributed by atoms with E-state index < -0.39 is 12.0 Å². The first-order valence-corrected chi connectivity index (χ1v) is 14.4. The van der Waals surface area contributed by atoms with Gasteiger partial charge in [0.05, 0.1) is 22.8 Å². The largest absolute Gasteiger partial charge is 0.490 e. The molecule has 4 rings (SSSR count). The monoisotopic (exact) mass is 600 g/mol. The number of thioether (sulfide) groups is 1. The van der Waals surface area contributed by atoms with Crippen LogP contribution in [-0.4, -0.2) is 39.2 Å². The molecule has 1 aromatic heterocycles. The van der Waals surface area contributed by atoms with Crippen molar-refractivity contribution in [2.24, 2.45) is 0 Å². The molecule has 0 saturated carbocycles. The predicted octanol–water partition coefficient (Wildman–Crippen LogP) is 6.68. The van der Waals surface area contributed by atoms with E-state index in [1.165, 1.54) is 17.3 Å². The second-order valence-corrected chi connectivity index (χ2v) is 11.2. The summed E-state index contributed by atoms with van der Waals surface area (Å²) in [5.41, 5.74) is 4.16. The van der Waals surface area contributed by atoms with Crippen LogP contribution >= 0.6 is 27.7 Å². The number of aromatic nitrogens is 3. The summed E-state index contributed by atoms with van der Waals surface area (Å²) in [5, 5.41) is 8.60. The maximum atomic E-state index is 13.3. The number of fused-ring (bicyclic) bond motifs is 1. The van der Waals surface area contributed by atoms with Crippen LogP contribution in [0.25, 0.3) is 0 Å². The molecule has 0 bridgehead atoms. The van der Waals surface area contributed by atoms with Crippen molar-refractivity contribution >= 4 is 39.6 Å². The number of hydrogen-bond acceptors (Lipinski definition) is 8. The predicted molar refractivity (Wildman–Crippen MR) is 153 cm³/mol. The lowest BCUT2D eigenvalue weighted by molar-refractivity contribution is -0.143. The van der Waals surface area contributed by atoms with Crippen molar-refractivity contribution in [2.75, 3.05) is 17.7 Å². The van der Waals surface area contributed by atoms with Crippen LogP contribution in [-0.2, 0) is 16.1 Å². The van der Waals surface area contributed by atoms with Gasteiger partial charge in [-0.2, -0.15) is 4.98 Å². The molecule has 3 aromatic rings. The first-order chi connectivity index (χ1) is 18.2. The minimum absolute atomic E-state index is 0.269. The van der Waals surface area contributed by atoms with Crippen molar-refractivity contribution in [3.8, 4) is 11.5 Å². The van der Waals surface area contributed by atoms with E-state index in [-0.39, 0.29) is 6.10 Å². The second kappa shape index (κ2) is 12.3. The molecule has 0 amide bonds. The zero-order chi connectivity index (χ0) is 27.4. The van der Waals surface area contributed by atoms with Crippen LogP contribution in [0.2, 0.25) is 0 Å². The summed E-state index contributed by atoms with van der Waals surface area (Å²) in [4.78, 5) is 18.0. The molecule has 1 unspecified atom stereocenters. The maximum absolute atomic E-state index is 13.3. The van der Waals surface area contributed by atoms with Crippen molar-refractivity contribution in [2.45, 2.75) is 65.5 Å². The number of carbonyl (C=O) groups is 1. The number of halogens is 1. The molecule has 8 nitrogen and oxygen atoms in total. The molecule has 0 aliphatic carbocycles. The fraction of sp³-hybridized carbons (Fsp3) is 0.393. The normalized spacial score (nSPS) is 14.8. The third-order valence-electron chi connectivity index (χ3n) is 5.78. The lowest BCUT2D eigenvalue weighted by atomic mass is 9.95. The molecule has 0 saturated heterocycles. The zero-order valence-electron chi connectivity index (χ0n) is 22.5. The summed E-state index contributed by atoms with van der Waals surface area (Å²) >= 11 is 5.24. The fourth-order valence-electron chi connectivity index (χ4n) is 4.28. The molecule has 0 fully saturated rings. The fourth-order valence-corrected chi connectivity index (χ4v) is 5.41. The van der Waals surface area contributed by atoms with Gasteiger partial charge in [-0.25, -0.2) is 9.48 Å². The zero-order valence-corrected chi connectivity index (χ0v) is 24.9. The molecule has 0 radical (unpaired) electrons. The number of nitrogens with one attached hydrogen (secondary N) is 1. The Morgan fingerprint density at radius 1 is 1.18 bits per heavy atom. The summed E-state index contributed by atoms with van der Waals surface area (Å²) in [5.74, 6) is 2.16. The van der Waals surface area contributed by atoms with Crippen LogP contribution in [0.1, 0.15) is 57.4 Å². The van der Waals surface area contributed by atoms with Crippen LogP contribution in [0.3, 0.4) is 0 Å². The Labute approximate surface area is 236 Å². The Morgan fingerprint density at radius 3 is 2.66 bits per heavy atom. The number of benzene rings is 2.